The average Bonchev–Trinajstić information content (AvgIpc) is 2.31. The quantitative estimate of drug-likeness (QED) is 0.746. The van der Waals surface area contributed by atoms with Crippen molar-refractivity contribution in [2.75, 3.05) is 24.8 Å². The predicted octanol–water partition coefficient (Wildman–Crippen LogP) is 1.04. The van der Waals surface area contributed by atoms with Crippen LogP contribution in [0.1, 0.15) is 13.8 Å². The fourth-order valence-corrected chi connectivity index (χ4v) is 1.24. The zero-order chi connectivity index (χ0) is 12.8. The first kappa shape index (κ1) is 13.1. The van der Waals surface area contributed by atoms with Crippen LogP contribution in [0.15, 0.2) is 12.1 Å². The van der Waals surface area contributed by atoms with Crippen molar-refractivity contribution in [1.29, 1.82) is 0 Å². The van der Waals surface area contributed by atoms with E-state index in [1.165, 1.54) is 7.11 Å². The number of aromatic nitrogens is 1. The molecule has 0 saturated heterocycles. The molecule has 1 unspecified atom stereocenters. The van der Waals surface area contributed by atoms with Crippen LogP contribution in [-0.4, -0.2) is 30.7 Å². The van der Waals surface area contributed by atoms with Gasteiger partial charge in [-0.1, -0.05) is 0 Å². The van der Waals surface area contributed by atoms with Gasteiger partial charge in [-0.2, -0.15) is 4.98 Å². The monoisotopic (exact) mass is 239 g/mol. The number of anilines is 2. The van der Waals surface area contributed by atoms with E-state index in [1.54, 1.807) is 26.0 Å². The number of esters is 1. The number of methoxy groups -OCH3 is 1. The molecule has 1 atom stereocenters. The minimum absolute atomic E-state index is 0.325. The van der Waals surface area contributed by atoms with Gasteiger partial charge in [-0.25, -0.2) is 4.79 Å². The van der Waals surface area contributed by atoms with E-state index in [0.29, 0.717) is 24.0 Å². The highest BCUT2D eigenvalue weighted by Crippen LogP contribution is 2.20. The molecule has 0 radical (unpaired) electrons. The van der Waals surface area contributed by atoms with Crippen LogP contribution in [0.5, 0.6) is 5.88 Å². The normalized spacial score (nSPS) is 11.7. The van der Waals surface area contributed by atoms with E-state index in [2.05, 4.69) is 10.3 Å². The number of carbonyl (C=O) groups is 1. The van der Waals surface area contributed by atoms with E-state index in [0.717, 1.165) is 0 Å². The van der Waals surface area contributed by atoms with Crippen LogP contribution >= 0.6 is 0 Å². The summed E-state index contributed by atoms with van der Waals surface area (Å²) in [6, 6.07) is 2.86. The van der Waals surface area contributed by atoms with Gasteiger partial charge in [0.2, 0.25) is 5.88 Å². The molecule has 1 rings (SSSR count). The van der Waals surface area contributed by atoms with E-state index >= 15 is 0 Å². The molecule has 0 aliphatic rings. The summed E-state index contributed by atoms with van der Waals surface area (Å²) in [6.07, 6.45) is 0. The lowest BCUT2D eigenvalue weighted by Gasteiger charge is -2.14. The SMILES string of the molecule is CCOC(=O)C(C)Nc1ccc(N)c(OC)n1. The molecule has 0 aliphatic carbocycles. The molecule has 0 spiro atoms. The number of ether oxygens (including phenoxy) is 2. The van der Waals surface area contributed by atoms with Gasteiger partial charge in [-0.15, -0.1) is 0 Å². The largest absolute Gasteiger partial charge is 0.479 e. The third-order valence-electron chi connectivity index (χ3n) is 2.09. The van der Waals surface area contributed by atoms with Crippen molar-refractivity contribution < 1.29 is 14.3 Å². The summed E-state index contributed by atoms with van der Waals surface area (Å²) in [4.78, 5) is 15.5. The molecule has 6 nitrogen and oxygen atoms in total. The molecule has 0 aliphatic heterocycles. The Labute approximate surface area is 100 Å². The van der Waals surface area contributed by atoms with Crippen molar-refractivity contribution >= 4 is 17.5 Å². The van der Waals surface area contributed by atoms with Gasteiger partial charge in [-0.3, -0.25) is 0 Å². The maximum atomic E-state index is 11.4. The maximum absolute atomic E-state index is 11.4. The van der Waals surface area contributed by atoms with Crippen LogP contribution in [0.2, 0.25) is 0 Å². The number of nitrogens with one attached hydrogen (secondary N) is 1. The van der Waals surface area contributed by atoms with E-state index in [9.17, 15) is 4.79 Å². The highest BCUT2D eigenvalue weighted by molar-refractivity contribution is 5.78. The number of nitrogens with zero attached hydrogens (tertiary/aromatic N) is 1. The second kappa shape index (κ2) is 5.93. The second-order valence-electron chi connectivity index (χ2n) is 3.41. The predicted molar refractivity (Wildman–Crippen MR) is 64.9 cm³/mol. The number of carbonyl (C=O) groups excluding carboxylic acids is 1. The Kier molecular flexibility index (Phi) is 4.56. The highest BCUT2D eigenvalue weighted by atomic mass is 16.5. The molecule has 1 aromatic heterocycles. The van der Waals surface area contributed by atoms with E-state index in [4.69, 9.17) is 15.2 Å². The molecular weight excluding hydrogens is 222 g/mol. The topological polar surface area (TPSA) is 86.5 Å². The molecular formula is C11H17N3O3. The Balaban J connectivity index is 2.71. The molecule has 94 valence electrons. The minimum Gasteiger partial charge on any atom is -0.479 e. The van der Waals surface area contributed by atoms with Gasteiger partial charge in [0.15, 0.2) is 0 Å². The molecule has 0 aromatic carbocycles. The summed E-state index contributed by atoms with van der Waals surface area (Å²) in [6.45, 7) is 3.81. The fraction of sp³-hybridized carbons (Fsp3) is 0.455. The zero-order valence-electron chi connectivity index (χ0n) is 10.2. The third kappa shape index (κ3) is 3.51. The van der Waals surface area contributed by atoms with Crippen LogP contribution in [0.3, 0.4) is 0 Å². The lowest BCUT2D eigenvalue weighted by atomic mass is 10.3. The molecule has 17 heavy (non-hydrogen) atoms. The Hall–Kier alpha value is -1.98. The van der Waals surface area contributed by atoms with Crippen molar-refractivity contribution in [3.8, 4) is 5.88 Å². The van der Waals surface area contributed by atoms with Crippen LogP contribution < -0.4 is 15.8 Å². The summed E-state index contributed by atoms with van der Waals surface area (Å²) < 4.78 is 9.85. The smallest absolute Gasteiger partial charge is 0.328 e. The van der Waals surface area contributed by atoms with Crippen molar-refractivity contribution in [3.63, 3.8) is 0 Å². The summed E-state index contributed by atoms with van der Waals surface area (Å²) in [5.74, 6) is 0.507. The lowest BCUT2D eigenvalue weighted by molar-refractivity contribution is -0.143. The number of pyridine rings is 1. The number of nitrogen functional groups attached to an aromatic ring is 1. The molecule has 3 N–H and O–H groups in total. The minimum atomic E-state index is -0.476. The first-order chi connectivity index (χ1) is 8.08. The maximum Gasteiger partial charge on any atom is 0.328 e. The number of hydrogen-bond donors (Lipinski definition) is 2. The van der Waals surface area contributed by atoms with E-state index in [-0.39, 0.29) is 5.97 Å². The number of hydrogen-bond acceptors (Lipinski definition) is 6. The van der Waals surface area contributed by atoms with Crippen LogP contribution in [-0.2, 0) is 9.53 Å². The molecule has 1 aromatic rings. The van der Waals surface area contributed by atoms with Crippen molar-refractivity contribution in [2.45, 2.75) is 19.9 Å². The van der Waals surface area contributed by atoms with E-state index < -0.39 is 6.04 Å². The van der Waals surface area contributed by atoms with Gasteiger partial charge in [0.25, 0.3) is 0 Å². The first-order valence-corrected chi connectivity index (χ1v) is 5.32. The Morgan fingerprint density at radius 3 is 2.88 bits per heavy atom. The van der Waals surface area contributed by atoms with Crippen molar-refractivity contribution in [3.05, 3.63) is 12.1 Å². The summed E-state index contributed by atoms with van der Waals surface area (Å²) in [5.41, 5.74) is 6.08. The number of rotatable bonds is 5. The average molecular weight is 239 g/mol. The summed E-state index contributed by atoms with van der Waals surface area (Å²) in [5, 5.41) is 2.91. The van der Waals surface area contributed by atoms with Gasteiger partial charge >= 0.3 is 5.97 Å². The fourth-order valence-electron chi connectivity index (χ4n) is 1.24. The van der Waals surface area contributed by atoms with Gasteiger partial charge in [-0.05, 0) is 26.0 Å². The van der Waals surface area contributed by atoms with Gasteiger partial charge in [0.05, 0.1) is 19.4 Å². The molecule has 1 heterocycles. The Morgan fingerprint density at radius 2 is 2.29 bits per heavy atom. The summed E-state index contributed by atoms with van der Waals surface area (Å²) in [7, 11) is 1.48. The highest BCUT2D eigenvalue weighted by Gasteiger charge is 2.14. The van der Waals surface area contributed by atoms with Crippen molar-refractivity contribution in [1.82, 2.24) is 4.98 Å². The Morgan fingerprint density at radius 1 is 1.59 bits per heavy atom. The number of nitrogens with two attached hydrogens (primary N) is 1. The summed E-state index contributed by atoms with van der Waals surface area (Å²) >= 11 is 0. The third-order valence-corrected chi connectivity index (χ3v) is 2.09. The lowest BCUT2D eigenvalue weighted by Crippen LogP contribution is -2.28. The van der Waals surface area contributed by atoms with Crippen LogP contribution in [0.25, 0.3) is 0 Å². The van der Waals surface area contributed by atoms with Crippen LogP contribution in [0.4, 0.5) is 11.5 Å². The van der Waals surface area contributed by atoms with Gasteiger partial charge in [0, 0.05) is 0 Å². The second-order valence-corrected chi connectivity index (χ2v) is 3.41. The molecule has 0 fully saturated rings. The van der Waals surface area contributed by atoms with Gasteiger partial charge in [0.1, 0.15) is 11.9 Å². The molecule has 0 saturated carbocycles. The Bertz CT molecular complexity index is 396. The standard InChI is InChI=1S/C11H17N3O3/c1-4-17-11(15)7(2)13-9-6-5-8(12)10(14-9)16-3/h5-7H,4,12H2,1-3H3,(H,13,14). The van der Waals surface area contributed by atoms with Crippen molar-refractivity contribution in [2.24, 2.45) is 0 Å². The molecule has 0 bridgehead atoms. The van der Waals surface area contributed by atoms with Crippen LogP contribution in [0, 0.1) is 0 Å². The zero-order valence-corrected chi connectivity index (χ0v) is 10.2. The van der Waals surface area contributed by atoms with Gasteiger partial charge < -0.3 is 20.5 Å². The van der Waals surface area contributed by atoms with E-state index in [1.807, 2.05) is 0 Å². The first-order valence-electron chi connectivity index (χ1n) is 5.32. The molecule has 0 amide bonds. The molecule has 6 heteroatoms.